The molecule has 1 aromatic carbocycles. The zero-order valence-corrected chi connectivity index (χ0v) is 20.0. The van der Waals surface area contributed by atoms with Crippen LogP contribution in [0.1, 0.15) is 57.0 Å². The maximum atomic E-state index is 13.0. The number of carbonyl (C=O) groups excluding carboxylic acids is 1. The largest absolute Gasteiger partial charge is 0.444 e. The van der Waals surface area contributed by atoms with E-state index in [9.17, 15) is 18.0 Å². The lowest BCUT2D eigenvalue weighted by Gasteiger charge is -2.24. The van der Waals surface area contributed by atoms with Crippen molar-refractivity contribution in [1.29, 1.82) is 0 Å². The zero-order valence-electron chi connectivity index (χ0n) is 20.0. The molecule has 0 atom stereocenters. The lowest BCUT2D eigenvalue weighted by Crippen LogP contribution is -2.33. The predicted octanol–water partition coefficient (Wildman–Crippen LogP) is 5.43. The molecule has 0 spiro atoms. The second-order valence-corrected chi connectivity index (χ2v) is 8.27. The van der Waals surface area contributed by atoms with E-state index < -0.39 is 23.4 Å². The standard InChI is InChI=1S/C22H24F3N5O2.C2H6/c1-5-9-26-19-28-17-13-30(20(31)32-21(2,3)4)12-16(17)18(29-19)27-11-14-7-6-8-15(10-14)22(23,24)25;1-2/h1,6-8,10H,9,11-13H2,2-4H3,(H2,26,27,28,29);1-2H3. The van der Waals surface area contributed by atoms with Crippen LogP contribution < -0.4 is 10.6 Å². The van der Waals surface area contributed by atoms with Crippen molar-refractivity contribution < 1.29 is 22.7 Å². The van der Waals surface area contributed by atoms with Gasteiger partial charge in [0, 0.05) is 12.1 Å². The van der Waals surface area contributed by atoms with Crippen LogP contribution in [-0.2, 0) is 30.5 Å². The highest BCUT2D eigenvalue weighted by atomic mass is 19.4. The molecule has 2 aromatic rings. The molecule has 1 amide bonds. The van der Waals surface area contributed by atoms with E-state index in [-0.39, 0.29) is 32.1 Å². The third kappa shape index (κ3) is 7.27. The monoisotopic (exact) mass is 477 g/mol. The molecule has 34 heavy (non-hydrogen) atoms. The van der Waals surface area contributed by atoms with Crippen LogP contribution in [0, 0.1) is 12.3 Å². The van der Waals surface area contributed by atoms with Gasteiger partial charge in [-0.25, -0.2) is 9.78 Å². The highest BCUT2D eigenvalue weighted by Gasteiger charge is 2.32. The number of amides is 1. The van der Waals surface area contributed by atoms with Crippen molar-refractivity contribution in [3.63, 3.8) is 0 Å². The summed E-state index contributed by atoms with van der Waals surface area (Å²) >= 11 is 0. The second kappa shape index (κ2) is 11.1. The van der Waals surface area contributed by atoms with E-state index in [2.05, 4.69) is 26.5 Å². The number of terminal acetylenes is 1. The van der Waals surface area contributed by atoms with E-state index in [1.807, 2.05) is 13.8 Å². The maximum Gasteiger partial charge on any atom is 0.416 e. The van der Waals surface area contributed by atoms with E-state index in [0.717, 1.165) is 12.1 Å². The van der Waals surface area contributed by atoms with Crippen molar-refractivity contribution in [2.24, 2.45) is 0 Å². The van der Waals surface area contributed by atoms with E-state index in [4.69, 9.17) is 11.2 Å². The van der Waals surface area contributed by atoms with E-state index in [1.165, 1.54) is 11.0 Å². The van der Waals surface area contributed by atoms with Gasteiger partial charge in [-0.05, 0) is 38.5 Å². The number of carbonyl (C=O) groups is 1. The van der Waals surface area contributed by atoms with E-state index >= 15 is 0 Å². The number of ether oxygens (including phenoxy) is 1. The van der Waals surface area contributed by atoms with Crippen molar-refractivity contribution in [1.82, 2.24) is 14.9 Å². The molecule has 0 bridgehead atoms. The molecule has 3 rings (SSSR count). The Bertz CT molecular complexity index is 1040. The van der Waals surface area contributed by atoms with Crippen LogP contribution in [0.3, 0.4) is 0 Å². The number of hydrogen-bond donors (Lipinski definition) is 2. The van der Waals surface area contributed by atoms with Crippen molar-refractivity contribution in [2.75, 3.05) is 17.2 Å². The summed E-state index contributed by atoms with van der Waals surface area (Å²) in [4.78, 5) is 22.8. The van der Waals surface area contributed by atoms with Gasteiger partial charge in [0.2, 0.25) is 5.95 Å². The molecule has 1 aliphatic heterocycles. The normalized spacial score (nSPS) is 12.7. The molecule has 0 radical (unpaired) electrons. The molecule has 10 heteroatoms. The predicted molar refractivity (Wildman–Crippen MR) is 125 cm³/mol. The SMILES string of the molecule is C#CCNc1nc2c(c(NCc3cccc(C(F)(F)F)c3)n1)CN(C(=O)OC(C)(C)C)C2.CC. The van der Waals surface area contributed by atoms with Crippen LogP contribution in [0.2, 0.25) is 0 Å². The summed E-state index contributed by atoms with van der Waals surface area (Å²) in [6.07, 6.45) is 0.374. The molecule has 2 heterocycles. The lowest BCUT2D eigenvalue weighted by molar-refractivity contribution is -0.137. The van der Waals surface area contributed by atoms with E-state index in [0.29, 0.717) is 22.6 Å². The third-order valence-electron chi connectivity index (χ3n) is 4.50. The van der Waals surface area contributed by atoms with Crippen LogP contribution in [-0.4, -0.2) is 33.1 Å². The van der Waals surface area contributed by atoms with Gasteiger partial charge in [0.05, 0.1) is 30.9 Å². The molecule has 0 unspecified atom stereocenters. The highest BCUT2D eigenvalue weighted by Crippen LogP contribution is 2.31. The Morgan fingerprint density at radius 1 is 1.18 bits per heavy atom. The molecule has 0 aliphatic carbocycles. The Morgan fingerprint density at radius 2 is 1.88 bits per heavy atom. The van der Waals surface area contributed by atoms with Crippen LogP contribution in [0.25, 0.3) is 0 Å². The number of nitrogens with zero attached hydrogens (tertiary/aromatic N) is 3. The minimum atomic E-state index is -4.42. The molecule has 2 N–H and O–H groups in total. The first-order valence-corrected chi connectivity index (χ1v) is 10.9. The average molecular weight is 478 g/mol. The topological polar surface area (TPSA) is 79.4 Å². The van der Waals surface area contributed by atoms with Crippen LogP contribution in [0.15, 0.2) is 24.3 Å². The van der Waals surface area contributed by atoms with Gasteiger partial charge < -0.3 is 15.4 Å². The second-order valence-electron chi connectivity index (χ2n) is 8.27. The van der Waals surface area contributed by atoms with Crippen LogP contribution >= 0.6 is 0 Å². The summed E-state index contributed by atoms with van der Waals surface area (Å²) in [6, 6.07) is 5.05. The van der Waals surface area contributed by atoms with Crippen molar-refractivity contribution in [3.8, 4) is 12.3 Å². The first kappa shape index (κ1) is 26.8. The van der Waals surface area contributed by atoms with Gasteiger partial charge in [-0.15, -0.1) is 6.42 Å². The van der Waals surface area contributed by atoms with Crippen molar-refractivity contribution in [3.05, 3.63) is 46.6 Å². The number of halogens is 3. The highest BCUT2D eigenvalue weighted by molar-refractivity contribution is 5.70. The molecule has 7 nitrogen and oxygen atoms in total. The average Bonchev–Trinajstić information content (AvgIpc) is 3.20. The van der Waals surface area contributed by atoms with Gasteiger partial charge in [0.1, 0.15) is 11.4 Å². The minimum Gasteiger partial charge on any atom is -0.444 e. The fourth-order valence-electron chi connectivity index (χ4n) is 3.11. The number of rotatable bonds is 5. The number of alkyl halides is 3. The Hall–Kier alpha value is -3.48. The van der Waals surface area contributed by atoms with Gasteiger partial charge in [0.15, 0.2) is 0 Å². The molecule has 1 aromatic heterocycles. The summed E-state index contributed by atoms with van der Waals surface area (Å²) in [5.41, 5.74) is 0.345. The Morgan fingerprint density at radius 3 is 2.50 bits per heavy atom. The molecule has 184 valence electrons. The molecule has 0 fully saturated rings. The maximum absolute atomic E-state index is 13.0. The van der Waals surface area contributed by atoms with E-state index in [1.54, 1.807) is 26.8 Å². The third-order valence-corrected chi connectivity index (χ3v) is 4.50. The van der Waals surface area contributed by atoms with Crippen LogP contribution in [0.4, 0.5) is 29.7 Å². The number of fused-ring (bicyclic) bond motifs is 1. The van der Waals surface area contributed by atoms with Gasteiger partial charge in [-0.3, -0.25) is 4.90 Å². The van der Waals surface area contributed by atoms with Gasteiger partial charge in [-0.1, -0.05) is 31.9 Å². The Labute approximate surface area is 198 Å². The fourth-order valence-corrected chi connectivity index (χ4v) is 3.11. The quantitative estimate of drug-likeness (QED) is 0.559. The fraction of sp³-hybridized carbons (Fsp3) is 0.458. The Balaban J connectivity index is 0.00000199. The number of aromatic nitrogens is 2. The van der Waals surface area contributed by atoms with Gasteiger partial charge in [0.25, 0.3) is 0 Å². The van der Waals surface area contributed by atoms with Gasteiger partial charge in [-0.2, -0.15) is 18.2 Å². The first-order valence-electron chi connectivity index (χ1n) is 10.9. The zero-order chi connectivity index (χ0) is 25.5. The summed E-state index contributed by atoms with van der Waals surface area (Å²) in [5.74, 6) is 3.11. The van der Waals surface area contributed by atoms with Crippen LogP contribution in [0.5, 0.6) is 0 Å². The molecule has 0 saturated heterocycles. The smallest absolute Gasteiger partial charge is 0.416 e. The summed E-state index contributed by atoms with van der Waals surface area (Å²) in [5, 5.41) is 5.97. The molecule has 1 aliphatic rings. The van der Waals surface area contributed by atoms with Crippen molar-refractivity contribution in [2.45, 2.75) is 66.0 Å². The number of nitrogens with one attached hydrogen (secondary N) is 2. The lowest BCUT2D eigenvalue weighted by atomic mass is 10.1. The minimum absolute atomic E-state index is 0.106. The summed E-state index contributed by atoms with van der Waals surface area (Å²) in [7, 11) is 0. The molecular formula is C24H30F3N5O2. The van der Waals surface area contributed by atoms with Crippen molar-refractivity contribution >= 4 is 17.9 Å². The van der Waals surface area contributed by atoms with Gasteiger partial charge >= 0.3 is 12.3 Å². The number of hydrogen-bond acceptors (Lipinski definition) is 6. The first-order chi connectivity index (χ1) is 16.0. The summed E-state index contributed by atoms with van der Waals surface area (Å²) < 4.78 is 44.4. The molecule has 0 saturated carbocycles. The number of anilines is 2. The molecular weight excluding hydrogens is 447 g/mol. The Kier molecular flexibility index (Phi) is 8.74. The number of benzene rings is 1. The summed E-state index contributed by atoms with van der Waals surface area (Å²) in [6.45, 7) is 10.1.